The summed E-state index contributed by atoms with van der Waals surface area (Å²) in [4.78, 5) is 14.2. The molecule has 1 N–H and O–H groups in total. The van der Waals surface area contributed by atoms with Gasteiger partial charge >= 0.3 is 0 Å². The van der Waals surface area contributed by atoms with Gasteiger partial charge in [-0.1, -0.05) is 6.07 Å². The van der Waals surface area contributed by atoms with Crippen molar-refractivity contribution in [1.29, 1.82) is 0 Å². The number of rotatable bonds is 4. The highest BCUT2D eigenvalue weighted by Crippen LogP contribution is 2.39. The summed E-state index contributed by atoms with van der Waals surface area (Å²) in [7, 11) is 1.68. The van der Waals surface area contributed by atoms with Crippen molar-refractivity contribution in [2.75, 3.05) is 13.7 Å². The van der Waals surface area contributed by atoms with Crippen LogP contribution in [0.5, 0.6) is 5.75 Å². The third-order valence-electron chi connectivity index (χ3n) is 4.49. The van der Waals surface area contributed by atoms with E-state index >= 15 is 0 Å². The Labute approximate surface area is 120 Å². The number of amides is 1. The van der Waals surface area contributed by atoms with Gasteiger partial charge in [0, 0.05) is 6.04 Å². The molecule has 1 aliphatic carbocycles. The molecule has 20 heavy (non-hydrogen) atoms. The molecule has 1 aliphatic heterocycles. The molecule has 1 aromatic rings. The van der Waals surface area contributed by atoms with Crippen LogP contribution in [0, 0.1) is 12.8 Å². The van der Waals surface area contributed by atoms with Gasteiger partial charge in [-0.3, -0.25) is 10.1 Å². The highest BCUT2D eigenvalue weighted by molar-refractivity contribution is 5.81. The van der Waals surface area contributed by atoms with E-state index in [1.165, 1.54) is 12.8 Å². The summed E-state index contributed by atoms with van der Waals surface area (Å²) in [6.45, 7) is 4.65. The van der Waals surface area contributed by atoms with Crippen LogP contribution in [0.4, 0.5) is 0 Å². The summed E-state index contributed by atoms with van der Waals surface area (Å²) >= 11 is 0. The van der Waals surface area contributed by atoms with Gasteiger partial charge in [0.2, 0.25) is 5.91 Å². The van der Waals surface area contributed by atoms with E-state index in [4.69, 9.17) is 4.74 Å². The number of hydrogen-bond acceptors (Lipinski definition) is 3. The van der Waals surface area contributed by atoms with Crippen molar-refractivity contribution in [3.05, 3.63) is 29.3 Å². The van der Waals surface area contributed by atoms with Crippen molar-refractivity contribution in [3.8, 4) is 5.75 Å². The Morgan fingerprint density at radius 1 is 1.40 bits per heavy atom. The fourth-order valence-electron chi connectivity index (χ4n) is 3.14. The minimum Gasteiger partial charge on any atom is -0.496 e. The van der Waals surface area contributed by atoms with E-state index in [1.807, 2.05) is 17.9 Å². The van der Waals surface area contributed by atoms with E-state index in [0.717, 1.165) is 16.9 Å². The quantitative estimate of drug-likeness (QED) is 0.915. The van der Waals surface area contributed by atoms with E-state index in [0.29, 0.717) is 18.5 Å². The zero-order valence-corrected chi connectivity index (χ0v) is 12.3. The zero-order chi connectivity index (χ0) is 14.3. The van der Waals surface area contributed by atoms with Crippen molar-refractivity contribution in [3.63, 3.8) is 0 Å². The Bertz CT molecular complexity index is 525. The number of aryl methyl sites for hydroxylation is 1. The first-order valence-corrected chi connectivity index (χ1v) is 7.31. The van der Waals surface area contributed by atoms with Crippen LogP contribution in [0.25, 0.3) is 0 Å². The first kappa shape index (κ1) is 13.4. The lowest BCUT2D eigenvalue weighted by molar-refractivity contribution is -0.130. The fraction of sp³-hybridized carbons (Fsp3) is 0.562. The topological polar surface area (TPSA) is 41.6 Å². The minimum absolute atomic E-state index is 0.00251. The third-order valence-corrected chi connectivity index (χ3v) is 4.49. The van der Waals surface area contributed by atoms with Gasteiger partial charge in [-0.2, -0.15) is 0 Å². The van der Waals surface area contributed by atoms with Crippen LogP contribution >= 0.6 is 0 Å². The number of ether oxygens (including phenoxy) is 1. The Hall–Kier alpha value is -1.55. The summed E-state index contributed by atoms with van der Waals surface area (Å²) in [5, 5.41) is 3.34. The number of hydrogen-bond donors (Lipinski definition) is 1. The van der Waals surface area contributed by atoms with Gasteiger partial charge in [-0.05, 0) is 55.9 Å². The van der Waals surface area contributed by atoms with Crippen LogP contribution in [-0.2, 0) is 4.79 Å². The van der Waals surface area contributed by atoms with Crippen molar-refractivity contribution in [2.45, 2.75) is 38.9 Å². The maximum atomic E-state index is 12.2. The van der Waals surface area contributed by atoms with Gasteiger partial charge in [0.1, 0.15) is 11.9 Å². The fourth-order valence-corrected chi connectivity index (χ4v) is 3.14. The van der Waals surface area contributed by atoms with Crippen LogP contribution in [0.3, 0.4) is 0 Å². The van der Waals surface area contributed by atoms with Gasteiger partial charge in [0.15, 0.2) is 0 Å². The van der Waals surface area contributed by atoms with E-state index in [-0.39, 0.29) is 12.1 Å². The van der Waals surface area contributed by atoms with Gasteiger partial charge in [-0.15, -0.1) is 0 Å². The van der Waals surface area contributed by atoms with Gasteiger partial charge in [0.25, 0.3) is 0 Å². The lowest BCUT2D eigenvalue weighted by Crippen LogP contribution is -2.39. The average Bonchev–Trinajstić information content (AvgIpc) is 3.21. The number of benzene rings is 1. The standard InChI is InChI=1S/C16H22N2O2/c1-10-8-13(6-7-14(10)20-3)16-17-9-15(19)18(16)11(2)12-4-5-12/h6-8,11-12,16-17H,4-5,9H2,1-3H3. The monoisotopic (exact) mass is 274 g/mol. The molecule has 1 heterocycles. The van der Waals surface area contributed by atoms with Gasteiger partial charge in [-0.25, -0.2) is 0 Å². The van der Waals surface area contributed by atoms with Crippen LogP contribution in [0.15, 0.2) is 18.2 Å². The predicted molar refractivity (Wildman–Crippen MR) is 77.5 cm³/mol. The first-order valence-electron chi connectivity index (χ1n) is 7.31. The molecule has 3 rings (SSSR count). The molecule has 0 radical (unpaired) electrons. The molecule has 2 atom stereocenters. The van der Waals surface area contributed by atoms with E-state index < -0.39 is 0 Å². The molecule has 0 bridgehead atoms. The molecule has 1 saturated carbocycles. The lowest BCUT2D eigenvalue weighted by atomic mass is 10.1. The van der Waals surface area contributed by atoms with Crippen LogP contribution in [0.1, 0.15) is 37.1 Å². The van der Waals surface area contributed by atoms with Crippen molar-refractivity contribution >= 4 is 5.91 Å². The van der Waals surface area contributed by atoms with Crippen LogP contribution in [-0.4, -0.2) is 30.5 Å². The lowest BCUT2D eigenvalue weighted by Gasteiger charge is -2.31. The molecule has 0 spiro atoms. The van der Waals surface area contributed by atoms with Gasteiger partial charge < -0.3 is 9.64 Å². The molecule has 4 nitrogen and oxygen atoms in total. The Morgan fingerprint density at radius 2 is 2.15 bits per heavy atom. The minimum atomic E-state index is 0.00251. The number of methoxy groups -OCH3 is 1. The largest absolute Gasteiger partial charge is 0.496 e. The normalized spacial score (nSPS) is 24.1. The highest BCUT2D eigenvalue weighted by Gasteiger charge is 2.41. The second-order valence-corrected chi connectivity index (χ2v) is 5.89. The molecular weight excluding hydrogens is 252 g/mol. The van der Waals surface area contributed by atoms with Crippen LogP contribution < -0.4 is 10.1 Å². The molecule has 2 aliphatic rings. The second kappa shape index (κ2) is 5.09. The van der Waals surface area contributed by atoms with Crippen molar-refractivity contribution in [1.82, 2.24) is 10.2 Å². The summed E-state index contributed by atoms with van der Waals surface area (Å²) < 4.78 is 5.31. The molecule has 108 valence electrons. The highest BCUT2D eigenvalue weighted by atomic mass is 16.5. The maximum absolute atomic E-state index is 12.2. The van der Waals surface area contributed by atoms with Crippen molar-refractivity contribution < 1.29 is 9.53 Å². The molecule has 2 unspecified atom stereocenters. The molecule has 1 amide bonds. The Morgan fingerprint density at radius 3 is 2.75 bits per heavy atom. The summed E-state index contributed by atoms with van der Waals surface area (Å²) in [6.07, 6.45) is 2.50. The predicted octanol–water partition coefficient (Wildman–Crippen LogP) is 2.23. The number of carbonyl (C=O) groups excluding carboxylic acids is 1. The number of nitrogens with one attached hydrogen (secondary N) is 1. The van der Waals surface area contributed by atoms with Crippen molar-refractivity contribution in [2.24, 2.45) is 5.92 Å². The Kier molecular flexibility index (Phi) is 3.42. The smallest absolute Gasteiger partial charge is 0.238 e. The zero-order valence-electron chi connectivity index (χ0n) is 12.3. The van der Waals surface area contributed by atoms with E-state index in [9.17, 15) is 4.79 Å². The number of carbonyl (C=O) groups is 1. The molecule has 1 aromatic carbocycles. The molecular formula is C16H22N2O2. The summed E-state index contributed by atoms with van der Waals surface area (Å²) in [5.74, 6) is 1.78. The van der Waals surface area contributed by atoms with E-state index in [1.54, 1.807) is 7.11 Å². The summed E-state index contributed by atoms with van der Waals surface area (Å²) in [6, 6.07) is 6.47. The average molecular weight is 274 g/mol. The van der Waals surface area contributed by atoms with Gasteiger partial charge in [0.05, 0.1) is 13.7 Å². The maximum Gasteiger partial charge on any atom is 0.238 e. The molecule has 0 aromatic heterocycles. The van der Waals surface area contributed by atoms with Crippen LogP contribution in [0.2, 0.25) is 0 Å². The first-order chi connectivity index (χ1) is 9.61. The second-order valence-electron chi connectivity index (χ2n) is 5.89. The molecule has 2 fully saturated rings. The summed E-state index contributed by atoms with van der Waals surface area (Å²) in [5.41, 5.74) is 2.24. The molecule has 4 heteroatoms. The Balaban J connectivity index is 1.87. The number of nitrogens with zero attached hydrogens (tertiary/aromatic N) is 1. The van der Waals surface area contributed by atoms with E-state index in [2.05, 4.69) is 24.4 Å². The third kappa shape index (κ3) is 2.29. The SMILES string of the molecule is COc1ccc(C2NCC(=O)N2C(C)C2CC2)cc1C. The molecule has 1 saturated heterocycles.